The lowest BCUT2D eigenvalue weighted by molar-refractivity contribution is -0.145. The van der Waals surface area contributed by atoms with E-state index >= 15 is 0 Å². The first-order valence-corrected chi connectivity index (χ1v) is 9.35. The molecule has 1 aliphatic carbocycles. The molecule has 150 valence electrons. The molecule has 1 heterocycles. The van der Waals surface area contributed by atoms with Gasteiger partial charge in [-0.2, -0.15) is 0 Å². The lowest BCUT2D eigenvalue weighted by Gasteiger charge is -2.26. The molecule has 8 heteroatoms. The SMILES string of the molecule is CCOC(=O)C1=C(COC(=O)COc2ccc3c(c2)CCC3)NC(=O)N[C@H]1C. The van der Waals surface area contributed by atoms with Gasteiger partial charge in [-0.05, 0) is 56.4 Å². The van der Waals surface area contributed by atoms with Crippen LogP contribution in [0.4, 0.5) is 4.79 Å². The molecule has 1 aromatic rings. The van der Waals surface area contributed by atoms with Crippen molar-refractivity contribution in [3.05, 3.63) is 40.6 Å². The van der Waals surface area contributed by atoms with Gasteiger partial charge >= 0.3 is 18.0 Å². The minimum atomic E-state index is -0.600. The zero-order chi connectivity index (χ0) is 20.1. The van der Waals surface area contributed by atoms with Crippen LogP contribution >= 0.6 is 0 Å². The summed E-state index contributed by atoms with van der Waals surface area (Å²) in [6.45, 7) is 3.03. The first kappa shape index (κ1) is 19.7. The van der Waals surface area contributed by atoms with E-state index < -0.39 is 24.0 Å². The highest BCUT2D eigenvalue weighted by Crippen LogP contribution is 2.26. The summed E-state index contributed by atoms with van der Waals surface area (Å²) in [4.78, 5) is 35.9. The number of esters is 2. The highest BCUT2D eigenvalue weighted by Gasteiger charge is 2.30. The molecule has 0 saturated heterocycles. The molecule has 0 bridgehead atoms. The number of carbonyl (C=O) groups is 3. The van der Waals surface area contributed by atoms with E-state index in [2.05, 4.69) is 10.6 Å². The highest BCUT2D eigenvalue weighted by atomic mass is 16.6. The largest absolute Gasteiger partial charge is 0.482 e. The van der Waals surface area contributed by atoms with Crippen LogP contribution in [0.15, 0.2) is 29.5 Å². The summed E-state index contributed by atoms with van der Waals surface area (Å²) in [7, 11) is 0. The Morgan fingerprint density at radius 1 is 1.18 bits per heavy atom. The van der Waals surface area contributed by atoms with Crippen molar-refractivity contribution in [1.29, 1.82) is 0 Å². The molecule has 0 aromatic heterocycles. The molecule has 0 radical (unpaired) electrons. The van der Waals surface area contributed by atoms with Crippen LogP contribution in [0.1, 0.15) is 31.4 Å². The summed E-state index contributed by atoms with van der Waals surface area (Å²) < 4.78 is 15.7. The quantitative estimate of drug-likeness (QED) is 0.688. The van der Waals surface area contributed by atoms with Gasteiger partial charge in [-0.1, -0.05) is 6.07 Å². The number of hydrogen-bond acceptors (Lipinski definition) is 6. The van der Waals surface area contributed by atoms with Crippen molar-refractivity contribution in [2.75, 3.05) is 19.8 Å². The fourth-order valence-electron chi connectivity index (χ4n) is 3.37. The molecule has 2 aliphatic rings. The summed E-state index contributed by atoms with van der Waals surface area (Å²) in [5.74, 6) is -0.549. The van der Waals surface area contributed by atoms with Crippen LogP contribution in [-0.4, -0.2) is 43.8 Å². The zero-order valence-corrected chi connectivity index (χ0v) is 16.0. The normalized spacial score (nSPS) is 18.1. The molecule has 0 unspecified atom stereocenters. The average Bonchev–Trinajstić information content (AvgIpc) is 3.12. The smallest absolute Gasteiger partial charge is 0.344 e. The van der Waals surface area contributed by atoms with Gasteiger partial charge in [0.1, 0.15) is 12.4 Å². The van der Waals surface area contributed by atoms with Gasteiger partial charge in [-0.3, -0.25) is 0 Å². The molecule has 1 atom stereocenters. The van der Waals surface area contributed by atoms with Gasteiger partial charge in [-0.15, -0.1) is 0 Å². The van der Waals surface area contributed by atoms with Crippen LogP contribution in [0, 0.1) is 0 Å². The standard InChI is InChI=1S/C20H24N2O6/c1-3-26-19(24)18-12(2)21-20(25)22-16(18)10-28-17(23)11-27-15-8-7-13-5-4-6-14(13)9-15/h7-9,12H,3-6,10-11H2,1-2H3,(H2,21,22,25)/t12-/m0/s1. The van der Waals surface area contributed by atoms with Crippen molar-refractivity contribution in [3.63, 3.8) is 0 Å². The maximum atomic E-state index is 12.1. The molecule has 2 N–H and O–H groups in total. The second-order valence-electron chi connectivity index (χ2n) is 6.67. The number of aryl methyl sites for hydroxylation is 2. The van der Waals surface area contributed by atoms with Crippen molar-refractivity contribution in [1.82, 2.24) is 10.6 Å². The monoisotopic (exact) mass is 388 g/mol. The Morgan fingerprint density at radius 2 is 1.96 bits per heavy atom. The van der Waals surface area contributed by atoms with Crippen LogP contribution < -0.4 is 15.4 Å². The maximum absolute atomic E-state index is 12.1. The fourth-order valence-corrected chi connectivity index (χ4v) is 3.37. The van der Waals surface area contributed by atoms with Crippen LogP contribution in [0.3, 0.4) is 0 Å². The Kier molecular flexibility index (Phi) is 6.18. The predicted molar refractivity (Wildman–Crippen MR) is 99.7 cm³/mol. The summed E-state index contributed by atoms with van der Waals surface area (Å²) in [5, 5.41) is 5.08. The summed E-state index contributed by atoms with van der Waals surface area (Å²) in [5.41, 5.74) is 3.01. The Morgan fingerprint density at radius 3 is 2.75 bits per heavy atom. The summed E-state index contributed by atoms with van der Waals surface area (Å²) in [6, 6.07) is 4.79. The second kappa shape index (κ2) is 8.77. The molecule has 0 saturated carbocycles. The topological polar surface area (TPSA) is 103 Å². The minimum Gasteiger partial charge on any atom is -0.482 e. The van der Waals surface area contributed by atoms with E-state index in [1.54, 1.807) is 13.8 Å². The first-order valence-electron chi connectivity index (χ1n) is 9.35. The van der Waals surface area contributed by atoms with Gasteiger partial charge < -0.3 is 24.8 Å². The molecular weight excluding hydrogens is 364 g/mol. The minimum absolute atomic E-state index is 0.199. The Labute approximate surface area is 163 Å². The Balaban J connectivity index is 1.58. The molecule has 2 amide bonds. The van der Waals surface area contributed by atoms with Crippen LogP contribution in [0.5, 0.6) is 5.75 Å². The number of nitrogens with one attached hydrogen (secondary N) is 2. The van der Waals surface area contributed by atoms with Crippen molar-refractivity contribution in [2.24, 2.45) is 0 Å². The van der Waals surface area contributed by atoms with Gasteiger partial charge in [0.2, 0.25) is 0 Å². The number of ether oxygens (including phenoxy) is 3. The maximum Gasteiger partial charge on any atom is 0.344 e. The van der Waals surface area contributed by atoms with Crippen LogP contribution in [-0.2, 0) is 31.9 Å². The van der Waals surface area contributed by atoms with Crippen molar-refractivity contribution < 1.29 is 28.6 Å². The number of amides is 2. The van der Waals surface area contributed by atoms with E-state index in [-0.39, 0.29) is 31.1 Å². The van der Waals surface area contributed by atoms with Gasteiger partial charge in [0.05, 0.1) is 23.9 Å². The molecule has 1 aliphatic heterocycles. The van der Waals surface area contributed by atoms with Gasteiger partial charge in [0.25, 0.3) is 0 Å². The van der Waals surface area contributed by atoms with E-state index in [1.165, 1.54) is 11.1 Å². The lowest BCUT2D eigenvalue weighted by atomic mass is 10.0. The Bertz CT molecular complexity index is 817. The molecule has 0 spiro atoms. The van der Waals surface area contributed by atoms with E-state index in [9.17, 15) is 14.4 Å². The van der Waals surface area contributed by atoms with Gasteiger partial charge in [-0.25, -0.2) is 14.4 Å². The second-order valence-corrected chi connectivity index (χ2v) is 6.67. The fraction of sp³-hybridized carbons (Fsp3) is 0.450. The number of carbonyl (C=O) groups excluding carboxylic acids is 3. The average molecular weight is 388 g/mol. The van der Waals surface area contributed by atoms with Crippen molar-refractivity contribution in [3.8, 4) is 5.75 Å². The highest BCUT2D eigenvalue weighted by molar-refractivity contribution is 5.94. The van der Waals surface area contributed by atoms with E-state index in [0.29, 0.717) is 5.75 Å². The summed E-state index contributed by atoms with van der Waals surface area (Å²) >= 11 is 0. The van der Waals surface area contributed by atoms with Gasteiger partial charge in [0.15, 0.2) is 6.61 Å². The molecule has 1 aromatic carbocycles. The molecule has 28 heavy (non-hydrogen) atoms. The summed E-state index contributed by atoms with van der Waals surface area (Å²) in [6.07, 6.45) is 3.24. The van der Waals surface area contributed by atoms with Crippen molar-refractivity contribution >= 4 is 18.0 Å². The number of benzene rings is 1. The van der Waals surface area contributed by atoms with E-state index in [0.717, 1.165) is 19.3 Å². The number of rotatable bonds is 7. The predicted octanol–water partition coefficient (Wildman–Crippen LogP) is 1.62. The lowest BCUT2D eigenvalue weighted by Crippen LogP contribution is -2.50. The van der Waals surface area contributed by atoms with Crippen molar-refractivity contribution in [2.45, 2.75) is 39.2 Å². The molecule has 8 nitrogen and oxygen atoms in total. The molecule has 3 rings (SSSR count). The molecule has 0 fully saturated rings. The number of fused-ring (bicyclic) bond motifs is 1. The third kappa shape index (κ3) is 4.62. The zero-order valence-electron chi connectivity index (χ0n) is 16.0. The first-order chi connectivity index (χ1) is 13.5. The van der Waals surface area contributed by atoms with E-state index in [1.807, 2.05) is 18.2 Å². The third-order valence-corrected chi connectivity index (χ3v) is 4.67. The number of urea groups is 1. The van der Waals surface area contributed by atoms with Crippen LogP contribution in [0.25, 0.3) is 0 Å². The van der Waals surface area contributed by atoms with E-state index in [4.69, 9.17) is 14.2 Å². The third-order valence-electron chi connectivity index (χ3n) is 4.67. The number of hydrogen-bond donors (Lipinski definition) is 2. The van der Waals surface area contributed by atoms with Gasteiger partial charge in [0, 0.05) is 0 Å². The Hall–Kier alpha value is -3.03. The molecular formula is C20H24N2O6. The van der Waals surface area contributed by atoms with Crippen LogP contribution in [0.2, 0.25) is 0 Å².